The quantitative estimate of drug-likeness (QED) is 0.355. The molecule has 0 rings (SSSR count). The van der Waals surface area contributed by atoms with Crippen molar-refractivity contribution in [2.45, 2.75) is 25.9 Å². The molecular weight excluding hydrogens is 372 g/mol. The maximum atomic E-state index is 11.1. The first-order valence-corrected chi connectivity index (χ1v) is 8.28. The molecule has 168 valence electrons. The molecule has 0 heterocycles. The maximum Gasteiger partial charge on any atom is 0.221 e. The lowest BCUT2D eigenvalue weighted by molar-refractivity contribution is -0.179. The fourth-order valence-corrected chi connectivity index (χ4v) is 1.58. The van der Waals surface area contributed by atoms with E-state index in [1.807, 2.05) is 33.1 Å². The zero-order chi connectivity index (χ0) is 22.7. The van der Waals surface area contributed by atoms with Gasteiger partial charge in [-0.1, -0.05) is 0 Å². The molecule has 0 saturated carbocycles. The summed E-state index contributed by atoms with van der Waals surface area (Å²) in [7, 11) is 16.4. The molecule has 0 bridgehead atoms. The van der Waals surface area contributed by atoms with Crippen molar-refractivity contribution in [3.05, 3.63) is 12.3 Å². The Hall–Kier alpha value is -1.40. The molecule has 0 saturated heterocycles. The summed E-state index contributed by atoms with van der Waals surface area (Å²) < 4.78 is 28.4. The highest BCUT2D eigenvalue weighted by Gasteiger charge is 2.12. The number of ether oxygens (including phenoxy) is 6. The monoisotopic (exact) mass is 410 g/mol. The van der Waals surface area contributed by atoms with Gasteiger partial charge in [0.25, 0.3) is 0 Å². The summed E-state index contributed by atoms with van der Waals surface area (Å²) in [5, 5.41) is 0. The van der Waals surface area contributed by atoms with E-state index in [0.29, 0.717) is 0 Å². The summed E-state index contributed by atoms with van der Waals surface area (Å²) in [5.41, 5.74) is 0. The molecule has 0 N–H and O–H groups in total. The van der Waals surface area contributed by atoms with Gasteiger partial charge in [0.2, 0.25) is 24.8 Å². The van der Waals surface area contributed by atoms with Gasteiger partial charge in [-0.2, -0.15) is 0 Å². The molecule has 0 fully saturated rings. The predicted octanol–water partition coefficient (Wildman–Crippen LogP) is 0.568. The minimum Gasteiger partial charge on any atom is -0.383 e. The molecule has 10 heteroatoms. The predicted molar refractivity (Wildman–Crippen MR) is 106 cm³/mol. The fourth-order valence-electron chi connectivity index (χ4n) is 1.58. The molecule has 10 nitrogen and oxygen atoms in total. The lowest BCUT2D eigenvalue weighted by Crippen LogP contribution is -2.30. The first-order chi connectivity index (χ1) is 13.1. The minimum absolute atomic E-state index is 0.116. The topological polar surface area (TPSA) is 96.0 Å². The summed E-state index contributed by atoms with van der Waals surface area (Å²) in [6.07, 6.45) is 1.37. The highest BCUT2D eigenvalue weighted by molar-refractivity contribution is 5.92. The standard InChI is InChI=1S/C8H15NO3.C5H13NO2.C5H10O3/c1-9(2)6-5-7(10)8(11-3)12-4;1-6(2)5(7-3)8-4;1-4(6)5(7-2)8-3/h5-6,8H,1-4H3;5H,1-4H3;5H,1-3H3/b6-5+;;. The first-order valence-electron chi connectivity index (χ1n) is 8.28. The zero-order valence-electron chi connectivity index (χ0n) is 19.0. The van der Waals surface area contributed by atoms with Gasteiger partial charge in [-0.15, -0.1) is 0 Å². The second-order valence-electron chi connectivity index (χ2n) is 5.64. The summed E-state index contributed by atoms with van der Waals surface area (Å²) in [6, 6.07) is 0. The SMILES string of the molecule is COC(OC)C(=O)/C=C/N(C)C.COC(OC)C(C)=O.COC(OC)N(C)C. The van der Waals surface area contributed by atoms with Gasteiger partial charge >= 0.3 is 0 Å². The number of hydrogen-bond donors (Lipinski definition) is 0. The summed E-state index contributed by atoms with van der Waals surface area (Å²) >= 11 is 0. The van der Waals surface area contributed by atoms with Crippen molar-refractivity contribution >= 4 is 11.6 Å². The number of carbonyl (C=O) groups excluding carboxylic acids is 2. The molecule has 0 aromatic heterocycles. The van der Waals surface area contributed by atoms with Crippen LogP contribution in [0.4, 0.5) is 0 Å². The normalized spacial score (nSPS) is 10.8. The van der Waals surface area contributed by atoms with Crippen molar-refractivity contribution in [3.63, 3.8) is 0 Å². The smallest absolute Gasteiger partial charge is 0.221 e. The molecule has 0 atom stereocenters. The molecule has 28 heavy (non-hydrogen) atoms. The van der Waals surface area contributed by atoms with Gasteiger partial charge in [0.15, 0.2) is 5.78 Å². The van der Waals surface area contributed by atoms with Crippen LogP contribution in [-0.2, 0) is 38.0 Å². The van der Waals surface area contributed by atoms with Gasteiger partial charge < -0.3 is 33.3 Å². The van der Waals surface area contributed by atoms with Crippen LogP contribution in [0.3, 0.4) is 0 Å². The molecule has 0 spiro atoms. The highest BCUT2D eigenvalue weighted by Crippen LogP contribution is 1.94. The highest BCUT2D eigenvalue weighted by atomic mass is 16.7. The Morgan fingerprint density at radius 3 is 1.25 bits per heavy atom. The summed E-state index contributed by atoms with van der Waals surface area (Å²) in [4.78, 5) is 25.1. The van der Waals surface area contributed by atoms with Crippen LogP contribution in [0.5, 0.6) is 0 Å². The Kier molecular flexibility index (Phi) is 22.7. The van der Waals surface area contributed by atoms with Crippen molar-refractivity contribution in [2.24, 2.45) is 0 Å². The third-order valence-corrected chi connectivity index (χ3v) is 2.78. The van der Waals surface area contributed by atoms with E-state index in [1.54, 1.807) is 25.3 Å². The van der Waals surface area contributed by atoms with E-state index in [4.69, 9.17) is 18.9 Å². The summed E-state index contributed by atoms with van der Waals surface area (Å²) in [6.45, 7) is 1.41. The number of Topliss-reactive ketones (excluding diaryl/α,β-unsaturated/α-hetero) is 1. The molecule has 0 aliphatic carbocycles. The Morgan fingerprint density at radius 2 is 1.11 bits per heavy atom. The number of nitrogens with zero attached hydrogens (tertiary/aromatic N) is 2. The van der Waals surface area contributed by atoms with Crippen molar-refractivity contribution in [1.29, 1.82) is 0 Å². The average molecular weight is 411 g/mol. The van der Waals surface area contributed by atoms with Crippen LogP contribution in [0, 0.1) is 0 Å². The molecule has 0 aromatic rings. The average Bonchev–Trinajstić information content (AvgIpc) is 2.63. The third-order valence-electron chi connectivity index (χ3n) is 2.78. The molecule has 0 aliphatic heterocycles. The van der Waals surface area contributed by atoms with Gasteiger partial charge in [0.05, 0.1) is 0 Å². The van der Waals surface area contributed by atoms with Crippen LogP contribution in [0.25, 0.3) is 0 Å². The van der Waals surface area contributed by atoms with Crippen LogP contribution < -0.4 is 0 Å². The van der Waals surface area contributed by atoms with Gasteiger partial charge in [-0.05, 0) is 21.0 Å². The number of ketones is 2. The van der Waals surface area contributed by atoms with Crippen LogP contribution in [0.2, 0.25) is 0 Å². The zero-order valence-corrected chi connectivity index (χ0v) is 19.0. The van der Waals surface area contributed by atoms with E-state index in [-0.39, 0.29) is 18.0 Å². The molecule has 0 amide bonds. The lowest BCUT2D eigenvalue weighted by atomic mass is 10.3. The number of methoxy groups -OCH3 is 6. The lowest BCUT2D eigenvalue weighted by Gasteiger charge is -2.19. The molecule has 0 unspecified atom stereocenters. The number of carbonyl (C=O) groups is 2. The van der Waals surface area contributed by atoms with Crippen molar-refractivity contribution in [1.82, 2.24) is 9.80 Å². The van der Waals surface area contributed by atoms with Crippen LogP contribution >= 0.6 is 0 Å². The summed E-state index contributed by atoms with van der Waals surface area (Å²) in [5.74, 6) is -0.316. The molecule has 0 radical (unpaired) electrons. The fraction of sp³-hybridized carbons (Fsp3) is 0.778. The van der Waals surface area contributed by atoms with Gasteiger partial charge in [0, 0.05) is 69.0 Å². The van der Waals surface area contributed by atoms with Crippen molar-refractivity contribution < 1.29 is 38.0 Å². The van der Waals surface area contributed by atoms with E-state index >= 15 is 0 Å². The van der Waals surface area contributed by atoms with Crippen LogP contribution in [0.15, 0.2) is 12.3 Å². The van der Waals surface area contributed by atoms with E-state index < -0.39 is 12.6 Å². The first kappa shape index (κ1) is 31.3. The molecule has 0 aromatic carbocycles. The second kappa shape index (κ2) is 20.3. The van der Waals surface area contributed by atoms with Crippen molar-refractivity contribution in [2.75, 3.05) is 70.8 Å². The van der Waals surface area contributed by atoms with Gasteiger partial charge in [0.1, 0.15) is 0 Å². The van der Waals surface area contributed by atoms with Crippen LogP contribution in [0.1, 0.15) is 6.92 Å². The third kappa shape index (κ3) is 18.0. The Labute approximate surface area is 169 Å². The van der Waals surface area contributed by atoms with E-state index in [2.05, 4.69) is 9.47 Å². The number of rotatable bonds is 11. The van der Waals surface area contributed by atoms with Gasteiger partial charge in [-0.3, -0.25) is 14.5 Å². The molecular formula is C18H38N2O8. The second-order valence-corrected chi connectivity index (χ2v) is 5.64. The number of hydrogen-bond acceptors (Lipinski definition) is 10. The Balaban J connectivity index is -0.000000347. The largest absolute Gasteiger partial charge is 0.383 e. The van der Waals surface area contributed by atoms with E-state index in [9.17, 15) is 9.59 Å². The van der Waals surface area contributed by atoms with Crippen molar-refractivity contribution in [3.8, 4) is 0 Å². The van der Waals surface area contributed by atoms with Crippen LogP contribution in [-0.4, -0.2) is 111 Å². The van der Waals surface area contributed by atoms with E-state index in [0.717, 1.165) is 0 Å². The maximum absolute atomic E-state index is 11.1. The van der Waals surface area contributed by atoms with E-state index in [1.165, 1.54) is 41.4 Å². The molecule has 0 aliphatic rings. The minimum atomic E-state index is -0.791. The van der Waals surface area contributed by atoms with Gasteiger partial charge in [-0.25, -0.2) is 0 Å². The Morgan fingerprint density at radius 1 is 0.714 bits per heavy atom. The Bertz CT molecular complexity index is 404.